The fourth-order valence-corrected chi connectivity index (χ4v) is 1.89. The van der Waals surface area contributed by atoms with Crippen molar-refractivity contribution in [3.63, 3.8) is 0 Å². The predicted octanol–water partition coefficient (Wildman–Crippen LogP) is 2.26. The van der Waals surface area contributed by atoms with Crippen LogP contribution in [-0.4, -0.2) is 27.5 Å². The highest BCUT2D eigenvalue weighted by atomic mass is 16.1. The molecule has 0 saturated heterocycles. The van der Waals surface area contributed by atoms with E-state index < -0.39 is 0 Å². The molecule has 0 saturated carbocycles. The molecule has 0 radical (unpaired) electrons. The second-order valence-corrected chi connectivity index (χ2v) is 6.09. The highest BCUT2D eigenvalue weighted by Gasteiger charge is 2.11. The van der Waals surface area contributed by atoms with Gasteiger partial charge in [-0.15, -0.1) is 0 Å². The van der Waals surface area contributed by atoms with E-state index in [1.54, 1.807) is 12.5 Å². The first kappa shape index (κ1) is 15.3. The third-order valence-electron chi connectivity index (χ3n) is 2.91. The number of nitrogens with zero attached hydrogens (tertiary/aromatic N) is 2. The number of aromatic nitrogens is 2. The standard InChI is InChI=1S/C16H22N4O/c1-16(2,3)18-10-15(21)19-14-6-4-5-13(9-14)11-20-8-7-17-12-20/h4-9,12,18H,10-11H2,1-3H3,(H,19,21). The molecule has 2 aromatic rings. The monoisotopic (exact) mass is 286 g/mol. The average molecular weight is 286 g/mol. The molecule has 2 N–H and O–H groups in total. The minimum Gasteiger partial charge on any atom is -0.333 e. The lowest BCUT2D eigenvalue weighted by Crippen LogP contribution is -2.41. The highest BCUT2D eigenvalue weighted by Crippen LogP contribution is 2.12. The quantitative estimate of drug-likeness (QED) is 0.886. The van der Waals surface area contributed by atoms with E-state index in [1.807, 2.05) is 55.8 Å². The summed E-state index contributed by atoms with van der Waals surface area (Å²) in [5.41, 5.74) is 1.86. The zero-order valence-corrected chi connectivity index (χ0v) is 12.8. The van der Waals surface area contributed by atoms with Gasteiger partial charge in [-0.05, 0) is 38.5 Å². The van der Waals surface area contributed by atoms with E-state index in [2.05, 4.69) is 15.6 Å². The van der Waals surface area contributed by atoms with Crippen LogP contribution in [0.3, 0.4) is 0 Å². The smallest absolute Gasteiger partial charge is 0.238 e. The molecule has 1 aromatic carbocycles. The minimum absolute atomic E-state index is 0.0373. The van der Waals surface area contributed by atoms with Crippen molar-refractivity contribution >= 4 is 11.6 Å². The second kappa shape index (κ2) is 6.54. The van der Waals surface area contributed by atoms with Crippen LogP contribution in [0, 0.1) is 0 Å². The Morgan fingerprint density at radius 2 is 2.14 bits per heavy atom. The Hall–Kier alpha value is -2.14. The SMILES string of the molecule is CC(C)(C)NCC(=O)Nc1cccc(Cn2ccnc2)c1. The number of carbonyl (C=O) groups excluding carboxylic acids is 1. The molecule has 0 aliphatic heterocycles. The van der Waals surface area contributed by atoms with Crippen LogP contribution in [0.15, 0.2) is 43.0 Å². The van der Waals surface area contributed by atoms with Gasteiger partial charge in [-0.3, -0.25) is 4.79 Å². The molecule has 1 heterocycles. The normalized spacial score (nSPS) is 11.4. The maximum atomic E-state index is 11.9. The summed E-state index contributed by atoms with van der Waals surface area (Å²) in [5.74, 6) is -0.0373. The van der Waals surface area contributed by atoms with E-state index in [0.29, 0.717) is 6.54 Å². The molecule has 5 heteroatoms. The van der Waals surface area contributed by atoms with Gasteiger partial charge in [0.1, 0.15) is 0 Å². The molecule has 21 heavy (non-hydrogen) atoms. The molecular weight excluding hydrogens is 264 g/mol. The Balaban J connectivity index is 1.93. The van der Waals surface area contributed by atoms with E-state index in [0.717, 1.165) is 17.8 Å². The fraction of sp³-hybridized carbons (Fsp3) is 0.375. The molecule has 1 amide bonds. The maximum Gasteiger partial charge on any atom is 0.238 e. The summed E-state index contributed by atoms with van der Waals surface area (Å²) in [6, 6.07) is 7.85. The first-order chi connectivity index (χ1) is 9.92. The van der Waals surface area contributed by atoms with Gasteiger partial charge in [-0.25, -0.2) is 4.98 Å². The molecule has 0 aliphatic rings. The summed E-state index contributed by atoms with van der Waals surface area (Å²) in [4.78, 5) is 15.9. The number of carbonyl (C=O) groups is 1. The number of anilines is 1. The van der Waals surface area contributed by atoms with Crippen molar-refractivity contribution in [2.45, 2.75) is 32.9 Å². The van der Waals surface area contributed by atoms with Crippen LogP contribution < -0.4 is 10.6 Å². The van der Waals surface area contributed by atoms with E-state index in [-0.39, 0.29) is 11.4 Å². The van der Waals surface area contributed by atoms with Gasteiger partial charge >= 0.3 is 0 Å². The van der Waals surface area contributed by atoms with Crippen molar-refractivity contribution in [2.24, 2.45) is 0 Å². The van der Waals surface area contributed by atoms with Crippen LogP contribution in [0.25, 0.3) is 0 Å². The Morgan fingerprint density at radius 3 is 2.81 bits per heavy atom. The van der Waals surface area contributed by atoms with Crippen molar-refractivity contribution in [2.75, 3.05) is 11.9 Å². The number of hydrogen-bond donors (Lipinski definition) is 2. The van der Waals surface area contributed by atoms with Crippen molar-refractivity contribution in [3.05, 3.63) is 48.5 Å². The average Bonchev–Trinajstić information content (AvgIpc) is 2.89. The van der Waals surface area contributed by atoms with E-state index in [1.165, 1.54) is 0 Å². The number of rotatable bonds is 5. The van der Waals surface area contributed by atoms with Crippen LogP contribution in [-0.2, 0) is 11.3 Å². The van der Waals surface area contributed by atoms with Gasteiger partial charge in [0, 0.05) is 30.2 Å². The molecule has 2 rings (SSSR count). The van der Waals surface area contributed by atoms with E-state index in [9.17, 15) is 4.79 Å². The first-order valence-electron chi connectivity index (χ1n) is 7.02. The van der Waals surface area contributed by atoms with Crippen LogP contribution in [0.5, 0.6) is 0 Å². The molecule has 0 fully saturated rings. The summed E-state index contributed by atoms with van der Waals surface area (Å²) in [6.45, 7) is 7.14. The van der Waals surface area contributed by atoms with Crippen molar-refractivity contribution in [1.29, 1.82) is 0 Å². The van der Waals surface area contributed by atoms with E-state index >= 15 is 0 Å². The topological polar surface area (TPSA) is 59.0 Å². The zero-order valence-electron chi connectivity index (χ0n) is 12.8. The van der Waals surface area contributed by atoms with Crippen LogP contribution in [0.1, 0.15) is 26.3 Å². The number of amides is 1. The van der Waals surface area contributed by atoms with Gasteiger partial charge in [0.15, 0.2) is 0 Å². The summed E-state index contributed by atoms with van der Waals surface area (Å²) < 4.78 is 1.99. The molecular formula is C16H22N4O. The molecule has 0 spiro atoms. The highest BCUT2D eigenvalue weighted by molar-refractivity contribution is 5.92. The minimum atomic E-state index is -0.0688. The Kier molecular flexibility index (Phi) is 4.75. The summed E-state index contributed by atoms with van der Waals surface area (Å²) in [7, 11) is 0. The molecule has 0 aliphatic carbocycles. The largest absolute Gasteiger partial charge is 0.333 e. The first-order valence-corrected chi connectivity index (χ1v) is 7.02. The third-order valence-corrected chi connectivity index (χ3v) is 2.91. The summed E-state index contributed by atoms with van der Waals surface area (Å²) in [6.07, 6.45) is 5.45. The molecule has 5 nitrogen and oxygen atoms in total. The Bertz CT molecular complexity index is 585. The van der Waals surface area contributed by atoms with Gasteiger partial charge in [0.05, 0.1) is 12.9 Å². The number of benzene rings is 1. The summed E-state index contributed by atoms with van der Waals surface area (Å²) in [5, 5.41) is 6.08. The lowest BCUT2D eigenvalue weighted by atomic mass is 10.1. The van der Waals surface area contributed by atoms with Gasteiger partial charge in [0.2, 0.25) is 5.91 Å². The molecule has 0 bridgehead atoms. The zero-order chi connectivity index (χ0) is 15.3. The summed E-state index contributed by atoms with van der Waals surface area (Å²) >= 11 is 0. The molecule has 0 unspecified atom stereocenters. The van der Waals surface area contributed by atoms with Crippen molar-refractivity contribution in [3.8, 4) is 0 Å². The maximum absolute atomic E-state index is 11.9. The lowest BCUT2D eigenvalue weighted by Gasteiger charge is -2.20. The third kappa shape index (κ3) is 5.39. The van der Waals surface area contributed by atoms with Crippen molar-refractivity contribution in [1.82, 2.24) is 14.9 Å². The van der Waals surface area contributed by atoms with Crippen molar-refractivity contribution < 1.29 is 4.79 Å². The van der Waals surface area contributed by atoms with Gasteiger partial charge in [0.25, 0.3) is 0 Å². The number of nitrogens with one attached hydrogen (secondary N) is 2. The van der Waals surface area contributed by atoms with Crippen LogP contribution in [0.2, 0.25) is 0 Å². The lowest BCUT2D eigenvalue weighted by molar-refractivity contribution is -0.115. The van der Waals surface area contributed by atoms with Crippen LogP contribution in [0.4, 0.5) is 5.69 Å². The predicted molar refractivity (Wildman–Crippen MR) is 84.2 cm³/mol. The molecule has 1 aromatic heterocycles. The van der Waals surface area contributed by atoms with Gasteiger partial charge in [-0.2, -0.15) is 0 Å². The van der Waals surface area contributed by atoms with E-state index in [4.69, 9.17) is 0 Å². The Morgan fingerprint density at radius 1 is 1.33 bits per heavy atom. The van der Waals surface area contributed by atoms with Gasteiger partial charge < -0.3 is 15.2 Å². The van der Waals surface area contributed by atoms with Crippen LogP contribution >= 0.6 is 0 Å². The number of hydrogen-bond acceptors (Lipinski definition) is 3. The molecule has 0 atom stereocenters. The number of imidazole rings is 1. The molecule has 112 valence electrons. The fourth-order valence-electron chi connectivity index (χ4n) is 1.89. The van der Waals surface area contributed by atoms with Gasteiger partial charge in [-0.1, -0.05) is 12.1 Å². The Labute approximate surface area is 125 Å². The second-order valence-electron chi connectivity index (χ2n) is 6.09.